The fourth-order valence-electron chi connectivity index (χ4n) is 2.01. The number of nitrogens with zero attached hydrogens (tertiary/aromatic N) is 1. The zero-order valence-electron chi connectivity index (χ0n) is 9.45. The van der Waals surface area contributed by atoms with Crippen LogP contribution in [-0.4, -0.2) is 25.8 Å². The van der Waals surface area contributed by atoms with E-state index in [0.717, 1.165) is 31.8 Å². The molecule has 1 atom stereocenters. The van der Waals surface area contributed by atoms with E-state index >= 15 is 0 Å². The van der Waals surface area contributed by atoms with Crippen LogP contribution in [0.3, 0.4) is 0 Å². The molecule has 0 amide bonds. The number of nitrogen functional groups attached to an aromatic ring is 1. The molecule has 1 aromatic rings. The second kappa shape index (κ2) is 4.70. The molecule has 88 valence electrons. The summed E-state index contributed by atoms with van der Waals surface area (Å²) in [6.45, 7) is 4.40. The predicted molar refractivity (Wildman–Crippen MR) is 63.1 cm³/mol. The van der Waals surface area contributed by atoms with E-state index in [0.29, 0.717) is 0 Å². The van der Waals surface area contributed by atoms with Gasteiger partial charge >= 0.3 is 0 Å². The van der Waals surface area contributed by atoms with Crippen molar-refractivity contribution < 1.29 is 9.13 Å². The van der Waals surface area contributed by atoms with Crippen LogP contribution in [0.25, 0.3) is 0 Å². The van der Waals surface area contributed by atoms with Gasteiger partial charge in [-0.25, -0.2) is 4.39 Å². The van der Waals surface area contributed by atoms with Gasteiger partial charge in [-0.15, -0.1) is 0 Å². The predicted octanol–water partition coefficient (Wildman–Crippen LogP) is 2.02. The second-order valence-electron chi connectivity index (χ2n) is 4.15. The topological polar surface area (TPSA) is 38.5 Å². The van der Waals surface area contributed by atoms with Gasteiger partial charge in [0.05, 0.1) is 17.5 Å². The number of hydrogen-bond donors (Lipinski definition) is 1. The Bertz CT molecular complexity index is 370. The first kappa shape index (κ1) is 11.2. The zero-order valence-corrected chi connectivity index (χ0v) is 9.45. The van der Waals surface area contributed by atoms with Crippen LogP contribution < -0.4 is 10.6 Å². The van der Waals surface area contributed by atoms with Crippen LogP contribution in [0, 0.1) is 5.82 Å². The average Bonchev–Trinajstić information content (AvgIpc) is 2.47. The normalized spacial score (nSPS) is 21.9. The highest BCUT2D eigenvalue weighted by atomic mass is 19.1. The molecule has 2 rings (SSSR count). The standard InChI is InChI=1S/C12H17FN2O/c1-9-8-15(6-3-7-16-9)11-5-2-4-10(13)12(11)14/h2,4-5,9H,3,6-8,14H2,1H3. The van der Waals surface area contributed by atoms with Crippen LogP contribution in [0.15, 0.2) is 18.2 Å². The zero-order chi connectivity index (χ0) is 11.5. The maximum absolute atomic E-state index is 13.3. The maximum Gasteiger partial charge on any atom is 0.148 e. The van der Waals surface area contributed by atoms with Crippen LogP contribution >= 0.6 is 0 Å². The molecule has 1 aromatic carbocycles. The summed E-state index contributed by atoms with van der Waals surface area (Å²) in [7, 11) is 0. The summed E-state index contributed by atoms with van der Waals surface area (Å²) in [4.78, 5) is 2.09. The number of ether oxygens (including phenoxy) is 1. The van der Waals surface area contributed by atoms with Crippen LogP contribution in [-0.2, 0) is 4.74 Å². The largest absolute Gasteiger partial charge is 0.395 e. The van der Waals surface area contributed by atoms with Gasteiger partial charge in [0.1, 0.15) is 5.82 Å². The van der Waals surface area contributed by atoms with Gasteiger partial charge in [0.2, 0.25) is 0 Å². The van der Waals surface area contributed by atoms with Crippen molar-refractivity contribution in [1.29, 1.82) is 0 Å². The Morgan fingerprint density at radius 3 is 3.12 bits per heavy atom. The molecule has 16 heavy (non-hydrogen) atoms. The molecular formula is C12H17FN2O. The highest BCUT2D eigenvalue weighted by molar-refractivity contribution is 5.68. The number of para-hydroxylation sites is 1. The Labute approximate surface area is 95.0 Å². The molecule has 2 N–H and O–H groups in total. The highest BCUT2D eigenvalue weighted by Crippen LogP contribution is 2.26. The summed E-state index contributed by atoms with van der Waals surface area (Å²) >= 11 is 0. The Kier molecular flexibility index (Phi) is 3.29. The lowest BCUT2D eigenvalue weighted by atomic mass is 10.2. The van der Waals surface area contributed by atoms with Crippen molar-refractivity contribution in [2.24, 2.45) is 0 Å². The van der Waals surface area contributed by atoms with Gasteiger partial charge in [-0.3, -0.25) is 0 Å². The van der Waals surface area contributed by atoms with Crippen molar-refractivity contribution in [3.8, 4) is 0 Å². The van der Waals surface area contributed by atoms with E-state index in [9.17, 15) is 4.39 Å². The lowest BCUT2D eigenvalue weighted by molar-refractivity contribution is 0.0821. The van der Waals surface area contributed by atoms with Crippen LogP contribution in [0.5, 0.6) is 0 Å². The number of benzene rings is 1. The molecular weight excluding hydrogens is 207 g/mol. The first-order valence-corrected chi connectivity index (χ1v) is 5.59. The summed E-state index contributed by atoms with van der Waals surface area (Å²) in [6, 6.07) is 4.93. The van der Waals surface area contributed by atoms with Crippen molar-refractivity contribution in [2.45, 2.75) is 19.4 Å². The van der Waals surface area contributed by atoms with E-state index in [1.165, 1.54) is 6.07 Å². The van der Waals surface area contributed by atoms with E-state index in [4.69, 9.17) is 10.5 Å². The van der Waals surface area contributed by atoms with Crippen LogP contribution in [0.4, 0.5) is 15.8 Å². The smallest absolute Gasteiger partial charge is 0.148 e. The molecule has 3 nitrogen and oxygen atoms in total. The van der Waals surface area contributed by atoms with Gasteiger partial charge < -0.3 is 15.4 Å². The summed E-state index contributed by atoms with van der Waals surface area (Å²) in [5.41, 5.74) is 6.76. The van der Waals surface area contributed by atoms with E-state index in [1.54, 1.807) is 6.07 Å². The third kappa shape index (κ3) is 2.27. The number of nitrogens with two attached hydrogens (primary N) is 1. The molecule has 0 bridgehead atoms. The Morgan fingerprint density at radius 1 is 1.50 bits per heavy atom. The van der Waals surface area contributed by atoms with Gasteiger partial charge in [-0.05, 0) is 25.5 Å². The van der Waals surface area contributed by atoms with E-state index in [1.807, 2.05) is 13.0 Å². The van der Waals surface area contributed by atoms with Gasteiger partial charge in [0.25, 0.3) is 0 Å². The maximum atomic E-state index is 13.3. The highest BCUT2D eigenvalue weighted by Gasteiger charge is 2.18. The van der Waals surface area contributed by atoms with Crippen molar-refractivity contribution in [1.82, 2.24) is 0 Å². The molecule has 1 aliphatic rings. The van der Waals surface area contributed by atoms with Crippen molar-refractivity contribution in [3.63, 3.8) is 0 Å². The molecule has 1 saturated heterocycles. The van der Waals surface area contributed by atoms with Gasteiger partial charge in [0, 0.05) is 19.7 Å². The summed E-state index contributed by atoms with van der Waals surface area (Å²) < 4.78 is 18.9. The van der Waals surface area contributed by atoms with Crippen LogP contribution in [0.2, 0.25) is 0 Å². The molecule has 0 aromatic heterocycles. The fraction of sp³-hybridized carbons (Fsp3) is 0.500. The number of rotatable bonds is 1. The number of hydrogen-bond acceptors (Lipinski definition) is 3. The van der Waals surface area contributed by atoms with Crippen molar-refractivity contribution in [3.05, 3.63) is 24.0 Å². The van der Waals surface area contributed by atoms with Crippen LogP contribution in [0.1, 0.15) is 13.3 Å². The van der Waals surface area contributed by atoms with Gasteiger partial charge in [0.15, 0.2) is 0 Å². The van der Waals surface area contributed by atoms with Crippen molar-refractivity contribution >= 4 is 11.4 Å². The molecule has 1 fully saturated rings. The molecule has 0 saturated carbocycles. The van der Waals surface area contributed by atoms with E-state index < -0.39 is 0 Å². The fourth-order valence-corrected chi connectivity index (χ4v) is 2.01. The first-order valence-electron chi connectivity index (χ1n) is 5.59. The summed E-state index contributed by atoms with van der Waals surface area (Å²) in [6.07, 6.45) is 1.10. The molecule has 1 aliphatic heterocycles. The third-order valence-electron chi connectivity index (χ3n) is 2.82. The summed E-state index contributed by atoms with van der Waals surface area (Å²) in [5, 5.41) is 0. The quantitative estimate of drug-likeness (QED) is 0.742. The average molecular weight is 224 g/mol. The minimum Gasteiger partial charge on any atom is -0.395 e. The lowest BCUT2D eigenvalue weighted by Crippen LogP contribution is -2.30. The Morgan fingerprint density at radius 2 is 2.31 bits per heavy atom. The van der Waals surface area contributed by atoms with E-state index in [2.05, 4.69) is 4.90 Å². The first-order chi connectivity index (χ1) is 7.68. The summed E-state index contributed by atoms with van der Waals surface area (Å²) in [5.74, 6) is -0.352. The van der Waals surface area contributed by atoms with Gasteiger partial charge in [-0.1, -0.05) is 6.07 Å². The molecule has 1 heterocycles. The lowest BCUT2D eigenvalue weighted by Gasteiger charge is -2.25. The molecule has 0 spiro atoms. The minimum absolute atomic E-state index is 0.158. The Hall–Kier alpha value is -1.29. The second-order valence-corrected chi connectivity index (χ2v) is 4.15. The molecule has 1 unspecified atom stereocenters. The number of halogens is 1. The van der Waals surface area contributed by atoms with E-state index in [-0.39, 0.29) is 17.6 Å². The number of anilines is 2. The van der Waals surface area contributed by atoms with Crippen molar-refractivity contribution in [2.75, 3.05) is 30.3 Å². The molecule has 0 radical (unpaired) electrons. The third-order valence-corrected chi connectivity index (χ3v) is 2.82. The SMILES string of the molecule is CC1CN(c2cccc(F)c2N)CCCO1. The molecule has 0 aliphatic carbocycles. The monoisotopic (exact) mass is 224 g/mol. The minimum atomic E-state index is -0.352. The van der Waals surface area contributed by atoms with Gasteiger partial charge in [-0.2, -0.15) is 0 Å². The Balaban J connectivity index is 2.24. The molecule has 4 heteroatoms.